The number of halogens is 2. The van der Waals surface area contributed by atoms with Crippen LogP contribution in [0.1, 0.15) is 11.1 Å². The molecule has 0 atom stereocenters. The average Bonchev–Trinajstić information content (AvgIpc) is 2.44. The third-order valence-electron chi connectivity index (χ3n) is 2.97. The summed E-state index contributed by atoms with van der Waals surface area (Å²) >= 11 is 5.83. The number of rotatable bonds is 6. The van der Waals surface area contributed by atoms with Crippen LogP contribution in [0.25, 0.3) is 0 Å². The fourth-order valence-corrected chi connectivity index (χ4v) is 3.40. The van der Waals surface area contributed by atoms with Crippen molar-refractivity contribution in [3.05, 3.63) is 70.5 Å². The molecule has 0 spiro atoms. The van der Waals surface area contributed by atoms with Crippen LogP contribution in [-0.4, -0.2) is 15.0 Å². The smallest absolute Gasteiger partial charge is 0.215 e. The summed E-state index contributed by atoms with van der Waals surface area (Å²) in [5.41, 5.74) is 1.02. The van der Waals surface area contributed by atoms with Crippen molar-refractivity contribution >= 4 is 21.6 Å². The molecule has 0 saturated heterocycles. The first-order chi connectivity index (χ1) is 9.98. The van der Waals surface area contributed by atoms with E-state index in [0.717, 1.165) is 5.56 Å². The Labute approximate surface area is 128 Å². The maximum atomic E-state index is 13.6. The predicted octanol–water partition coefficient (Wildman–Crippen LogP) is 3.14. The average molecular weight is 328 g/mol. The quantitative estimate of drug-likeness (QED) is 0.886. The minimum atomic E-state index is -3.62. The molecular weight excluding hydrogens is 313 g/mol. The van der Waals surface area contributed by atoms with Crippen molar-refractivity contribution in [2.45, 2.75) is 12.2 Å². The van der Waals surface area contributed by atoms with E-state index in [1.54, 1.807) is 0 Å². The maximum absolute atomic E-state index is 13.6. The molecule has 1 N–H and O–H groups in total. The fourth-order valence-electron chi connectivity index (χ4n) is 1.91. The molecule has 0 heterocycles. The molecule has 21 heavy (non-hydrogen) atoms. The molecule has 2 rings (SSSR count). The monoisotopic (exact) mass is 327 g/mol. The lowest BCUT2D eigenvalue weighted by Crippen LogP contribution is -2.27. The number of hydrogen-bond acceptors (Lipinski definition) is 2. The molecule has 0 bridgehead atoms. The number of benzene rings is 2. The van der Waals surface area contributed by atoms with E-state index in [1.165, 1.54) is 18.2 Å². The Hall–Kier alpha value is -1.43. The number of nitrogens with one attached hydrogen (secondary N) is 1. The molecule has 0 saturated carbocycles. The lowest BCUT2D eigenvalue weighted by Gasteiger charge is -2.09. The number of sulfonamides is 1. The van der Waals surface area contributed by atoms with Gasteiger partial charge in [-0.15, -0.1) is 0 Å². The van der Waals surface area contributed by atoms with Crippen molar-refractivity contribution in [1.82, 2.24) is 4.72 Å². The van der Waals surface area contributed by atoms with Gasteiger partial charge in [0, 0.05) is 17.1 Å². The summed E-state index contributed by atoms with van der Waals surface area (Å²) in [7, 11) is -3.62. The van der Waals surface area contributed by atoms with Crippen LogP contribution >= 0.6 is 11.6 Å². The second-order valence-electron chi connectivity index (χ2n) is 4.59. The molecule has 0 aliphatic heterocycles. The van der Waals surface area contributed by atoms with Gasteiger partial charge in [-0.25, -0.2) is 17.5 Å². The van der Waals surface area contributed by atoms with Crippen molar-refractivity contribution in [2.24, 2.45) is 0 Å². The van der Waals surface area contributed by atoms with Gasteiger partial charge in [0.2, 0.25) is 10.0 Å². The van der Waals surface area contributed by atoms with Gasteiger partial charge in [0.1, 0.15) is 5.82 Å². The van der Waals surface area contributed by atoms with Gasteiger partial charge in [-0.1, -0.05) is 48.0 Å². The second kappa shape index (κ2) is 7.02. The SMILES string of the molecule is O=S(=O)(Cc1c(F)cccc1Cl)NCCc1ccccc1. The Bertz CT molecular complexity index is 685. The Morgan fingerprint density at radius 2 is 1.76 bits per heavy atom. The minimum Gasteiger partial charge on any atom is -0.215 e. The van der Waals surface area contributed by atoms with E-state index in [0.29, 0.717) is 6.42 Å². The summed E-state index contributed by atoms with van der Waals surface area (Å²) in [5.74, 6) is -1.08. The van der Waals surface area contributed by atoms with Crippen LogP contribution in [0.15, 0.2) is 48.5 Å². The van der Waals surface area contributed by atoms with E-state index in [2.05, 4.69) is 4.72 Å². The highest BCUT2D eigenvalue weighted by molar-refractivity contribution is 7.88. The Kier molecular flexibility index (Phi) is 5.33. The summed E-state index contributed by atoms with van der Waals surface area (Å²) in [6.45, 7) is 0.262. The third kappa shape index (κ3) is 4.81. The van der Waals surface area contributed by atoms with Crippen LogP contribution in [-0.2, 0) is 22.2 Å². The second-order valence-corrected chi connectivity index (χ2v) is 6.80. The Balaban J connectivity index is 1.96. The lowest BCUT2D eigenvalue weighted by molar-refractivity contribution is 0.574. The van der Waals surface area contributed by atoms with Crippen molar-refractivity contribution in [3.63, 3.8) is 0 Å². The summed E-state index contributed by atoms with van der Waals surface area (Å²) in [6.07, 6.45) is 0.574. The Morgan fingerprint density at radius 3 is 2.43 bits per heavy atom. The molecule has 0 amide bonds. The maximum Gasteiger partial charge on any atom is 0.215 e. The highest BCUT2D eigenvalue weighted by Crippen LogP contribution is 2.20. The first-order valence-corrected chi connectivity index (χ1v) is 8.45. The van der Waals surface area contributed by atoms with Gasteiger partial charge >= 0.3 is 0 Å². The zero-order valence-corrected chi connectivity index (χ0v) is 12.8. The van der Waals surface area contributed by atoms with Gasteiger partial charge in [0.05, 0.1) is 5.75 Å². The summed E-state index contributed by atoms with van der Waals surface area (Å²) in [5, 5.41) is 0.114. The third-order valence-corrected chi connectivity index (χ3v) is 4.64. The summed E-state index contributed by atoms with van der Waals surface area (Å²) in [4.78, 5) is 0. The summed E-state index contributed by atoms with van der Waals surface area (Å²) in [6, 6.07) is 13.6. The molecule has 2 aromatic carbocycles. The number of hydrogen-bond donors (Lipinski definition) is 1. The molecular formula is C15H15ClFNO2S. The van der Waals surface area contributed by atoms with Gasteiger partial charge in [-0.2, -0.15) is 0 Å². The van der Waals surface area contributed by atoms with E-state index in [-0.39, 0.29) is 17.1 Å². The fraction of sp³-hybridized carbons (Fsp3) is 0.200. The normalized spacial score (nSPS) is 11.5. The van der Waals surface area contributed by atoms with Crippen molar-refractivity contribution in [2.75, 3.05) is 6.54 Å². The molecule has 112 valence electrons. The highest BCUT2D eigenvalue weighted by atomic mass is 35.5. The molecule has 6 heteroatoms. The van der Waals surface area contributed by atoms with Crippen LogP contribution in [0, 0.1) is 5.82 Å². The zero-order valence-electron chi connectivity index (χ0n) is 11.2. The van der Waals surface area contributed by atoms with Gasteiger partial charge < -0.3 is 0 Å². The molecule has 3 nitrogen and oxygen atoms in total. The van der Waals surface area contributed by atoms with Crippen LogP contribution in [0.2, 0.25) is 5.02 Å². The van der Waals surface area contributed by atoms with E-state index < -0.39 is 21.6 Å². The summed E-state index contributed by atoms with van der Waals surface area (Å²) < 4.78 is 40.0. The molecule has 0 aliphatic carbocycles. The largest absolute Gasteiger partial charge is 0.215 e. The topological polar surface area (TPSA) is 46.2 Å². The minimum absolute atomic E-state index is 0.00798. The standard InChI is InChI=1S/C15H15ClFNO2S/c16-14-7-4-8-15(17)13(14)11-21(19,20)18-10-9-12-5-2-1-3-6-12/h1-8,18H,9-11H2. The highest BCUT2D eigenvalue weighted by Gasteiger charge is 2.16. The van der Waals surface area contributed by atoms with Gasteiger partial charge in [-0.3, -0.25) is 0 Å². The first kappa shape index (κ1) is 15.9. The van der Waals surface area contributed by atoms with Crippen LogP contribution < -0.4 is 4.72 Å². The van der Waals surface area contributed by atoms with Crippen LogP contribution in [0.3, 0.4) is 0 Å². The van der Waals surface area contributed by atoms with Crippen molar-refractivity contribution in [1.29, 1.82) is 0 Å². The van der Waals surface area contributed by atoms with E-state index in [9.17, 15) is 12.8 Å². The van der Waals surface area contributed by atoms with Crippen molar-refractivity contribution in [3.8, 4) is 0 Å². The van der Waals surface area contributed by atoms with E-state index >= 15 is 0 Å². The van der Waals surface area contributed by atoms with Crippen LogP contribution in [0.5, 0.6) is 0 Å². The van der Waals surface area contributed by atoms with Crippen molar-refractivity contribution < 1.29 is 12.8 Å². The predicted molar refractivity (Wildman–Crippen MR) is 82.2 cm³/mol. The lowest BCUT2D eigenvalue weighted by atomic mass is 10.2. The first-order valence-electron chi connectivity index (χ1n) is 6.42. The molecule has 0 aliphatic rings. The molecule has 0 fully saturated rings. The zero-order chi connectivity index (χ0) is 15.3. The van der Waals surface area contributed by atoms with E-state index in [4.69, 9.17) is 11.6 Å². The van der Waals surface area contributed by atoms with Gasteiger partial charge in [-0.05, 0) is 24.1 Å². The van der Waals surface area contributed by atoms with Gasteiger partial charge in [0.15, 0.2) is 0 Å². The van der Waals surface area contributed by atoms with Gasteiger partial charge in [0.25, 0.3) is 0 Å². The molecule has 0 aromatic heterocycles. The Morgan fingerprint density at radius 1 is 1.05 bits per heavy atom. The molecule has 0 unspecified atom stereocenters. The molecule has 0 radical (unpaired) electrons. The van der Waals surface area contributed by atoms with Crippen LogP contribution in [0.4, 0.5) is 4.39 Å². The van der Waals surface area contributed by atoms with E-state index in [1.807, 2.05) is 30.3 Å². The molecule has 2 aromatic rings.